The molecule has 1 fully saturated rings. The number of halogens is 1. The molecule has 3 rings (SSSR count). The Hall–Kier alpha value is -1.46. The monoisotopic (exact) mass is 319 g/mol. The molecule has 2 aromatic heterocycles. The van der Waals surface area contributed by atoms with Gasteiger partial charge in [-0.3, -0.25) is 9.97 Å². The van der Waals surface area contributed by atoms with Crippen LogP contribution in [0.15, 0.2) is 41.4 Å². The highest BCUT2D eigenvalue weighted by atomic mass is 79.9. The van der Waals surface area contributed by atoms with Crippen molar-refractivity contribution in [3.8, 4) is 11.5 Å². The predicted molar refractivity (Wildman–Crippen MR) is 76.1 cm³/mol. The van der Waals surface area contributed by atoms with Crippen LogP contribution in [0.3, 0.4) is 0 Å². The standard InChI is InChI=1S/C14H14BrN3O/c15-11-5-13(8-17-7-11)19-14-9-16-4-3-10(14)6-18-12-1-2-12/h3-5,7-9,12,18H,1-2,6H2. The lowest BCUT2D eigenvalue weighted by Crippen LogP contribution is -2.15. The molecule has 0 aliphatic heterocycles. The Morgan fingerprint density at radius 1 is 1.26 bits per heavy atom. The molecule has 1 N–H and O–H groups in total. The van der Waals surface area contributed by atoms with Crippen LogP contribution in [0.4, 0.5) is 0 Å². The number of nitrogens with zero attached hydrogens (tertiary/aromatic N) is 2. The van der Waals surface area contributed by atoms with Gasteiger partial charge in [-0.2, -0.15) is 0 Å². The highest BCUT2D eigenvalue weighted by Gasteiger charge is 2.20. The Kier molecular flexibility index (Phi) is 3.75. The van der Waals surface area contributed by atoms with Crippen LogP contribution in [0.1, 0.15) is 18.4 Å². The largest absolute Gasteiger partial charge is 0.454 e. The van der Waals surface area contributed by atoms with E-state index < -0.39 is 0 Å². The van der Waals surface area contributed by atoms with Crippen molar-refractivity contribution < 1.29 is 4.74 Å². The van der Waals surface area contributed by atoms with Crippen LogP contribution in [0, 0.1) is 0 Å². The molecule has 0 atom stereocenters. The van der Waals surface area contributed by atoms with E-state index in [4.69, 9.17) is 4.74 Å². The van der Waals surface area contributed by atoms with Crippen molar-refractivity contribution in [2.24, 2.45) is 0 Å². The summed E-state index contributed by atoms with van der Waals surface area (Å²) < 4.78 is 6.74. The van der Waals surface area contributed by atoms with E-state index in [0.717, 1.165) is 22.3 Å². The van der Waals surface area contributed by atoms with Crippen molar-refractivity contribution >= 4 is 15.9 Å². The molecule has 0 saturated heterocycles. The lowest BCUT2D eigenvalue weighted by molar-refractivity contribution is 0.467. The van der Waals surface area contributed by atoms with Crippen molar-refractivity contribution in [3.05, 3.63) is 47.0 Å². The minimum atomic E-state index is 0.675. The zero-order chi connectivity index (χ0) is 13.1. The van der Waals surface area contributed by atoms with Gasteiger partial charge in [-0.1, -0.05) is 0 Å². The second-order valence-corrected chi connectivity index (χ2v) is 5.50. The van der Waals surface area contributed by atoms with E-state index in [2.05, 4.69) is 31.2 Å². The van der Waals surface area contributed by atoms with Gasteiger partial charge in [-0.05, 0) is 40.9 Å². The molecule has 0 bridgehead atoms. The van der Waals surface area contributed by atoms with E-state index >= 15 is 0 Å². The molecule has 1 aliphatic carbocycles. The van der Waals surface area contributed by atoms with Gasteiger partial charge in [0.15, 0.2) is 0 Å². The molecule has 0 unspecified atom stereocenters. The zero-order valence-electron chi connectivity index (χ0n) is 10.3. The summed E-state index contributed by atoms with van der Waals surface area (Å²) in [5.41, 5.74) is 1.11. The Morgan fingerprint density at radius 3 is 2.95 bits per heavy atom. The Morgan fingerprint density at radius 2 is 2.16 bits per heavy atom. The molecule has 1 aliphatic rings. The number of pyridine rings is 2. The Labute approximate surface area is 120 Å². The van der Waals surface area contributed by atoms with Crippen LogP contribution in [0.2, 0.25) is 0 Å². The summed E-state index contributed by atoms with van der Waals surface area (Å²) in [6.45, 7) is 0.809. The number of rotatable bonds is 5. The lowest BCUT2D eigenvalue weighted by atomic mass is 10.2. The molecule has 0 amide bonds. The molecule has 5 heteroatoms. The van der Waals surface area contributed by atoms with E-state index in [-0.39, 0.29) is 0 Å². The second kappa shape index (κ2) is 5.67. The number of aromatic nitrogens is 2. The summed E-state index contributed by atoms with van der Waals surface area (Å²) in [7, 11) is 0. The lowest BCUT2D eigenvalue weighted by Gasteiger charge is -2.11. The first-order valence-electron chi connectivity index (χ1n) is 6.26. The van der Waals surface area contributed by atoms with Gasteiger partial charge >= 0.3 is 0 Å². The fourth-order valence-corrected chi connectivity index (χ4v) is 2.11. The van der Waals surface area contributed by atoms with E-state index in [1.165, 1.54) is 12.8 Å². The van der Waals surface area contributed by atoms with Crippen LogP contribution in [0.5, 0.6) is 11.5 Å². The van der Waals surface area contributed by atoms with Crippen LogP contribution in [-0.2, 0) is 6.54 Å². The minimum absolute atomic E-state index is 0.675. The summed E-state index contributed by atoms with van der Waals surface area (Å²) in [5, 5.41) is 3.48. The zero-order valence-corrected chi connectivity index (χ0v) is 11.9. The average molecular weight is 320 g/mol. The molecular weight excluding hydrogens is 306 g/mol. The first kappa shape index (κ1) is 12.6. The molecule has 2 heterocycles. The molecule has 4 nitrogen and oxygen atoms in total. The highest BCUT2D eigenvalue weighted by Crippen LogP contribution is 2.26. The first-order chi connectivity index (χ1) is 9.31. The molecular formula is C14H14BrN3O. The van der Waals surface area contributed by atoms with Gasteiger partial charge in [0.2, 0.25) is 0 Å². The van der Waals surface area contributed by atoms with E-state index in [9.17, 15) is 0 Å². The minimum Gasteiger partial charge on any atom is -0.454 e. The topological polar surface area (TPSA) is 47.0 Å². The van der Waals surface area contributed by atoms with Gasteiger partial charge < -0.3 is 10.1 Å². The fraction of sp³-hybridized carbons (Fsp3) is 0.286. The second-order valence-electron chi connectivity index (χ2n) is 4.58. The van der Waals surface area contributed by atoms with Gasteiger partial charge in [0.25, 0.3) is 0 Å². The van der Waals surface area contributed by atoms with Crippen molar-refractivity contribution in [3.63, 3.8) is 0 Å². The maximum Gasteiger partial charge on any atom is 0.150 e. The molecule has 1 saturated carbocycles. The first-order valence-corrected chi connectivity index (χ1v) is 7.05. The van der Waals surface area contributed by atoms with Gasteiger partial charge in [0.05, 0.1) is 12.4 Å². The molecule has 19 heavy (non-hydrogen) atoms. The number of nitrogens with one attached hydrogen (secondary N) is 1. The fourth-order valence-electron chi connectivity index (χ4n) is 1.76. The van der Waals surface area contributed by atoms with Crippen LogP contribution in [0.25, 0.3) is 0 Å². The third kappa shape index (κ3) is 3.52. The van der Waals surface area contributed by atoms with Crippen molar-refractivity contribution in [1.29, 1.82) is 0 Å². The Bertz CT molecular complexity index is 572. The smallest absolute Gasteiger partial charge is 0.150 e. The van der Waals surface area contributed by atoms with Gasteiger partial charge in [0.1, 0.15) is 11.5 Å². The SMILES string of the molecule is Brc1cncc(Oc2cnccc2CNC2CC2)c1. The van der Waals surface area contributed by atoms with Crippen LogP contribution in [-0.4, -0.2) is 16.0 Å². The summed E-state index contributed by atoms with van der Waals surface area (Å²) in [5.74, 6) is 1.48. The number of hydrogen-bond donors (Lipinski definition) is 1. The van der Waals surface area contributed by atoms with Crippen LogP contribution >= 0.6 is 15.9 Å². The summed E-state index contributed by atoms with van der Waals surface area (Å²) in [6, 6.07) is 4.54. The van der Waals surface area contributed by atoms with Crippen molar-refractivity contribution in [1.82, 2.24) is 15.3 Å². The normalized spacial score (nSPS) is 14.4. The maximum atomic E-state index is 5.85. The molecule has 98 valence electrons. The number of hydrogen-bond acceptors (Lipinski definition) is 4. The quantitative estimate of drug-likeness (QED) is 0.918. The van der Waals surface area contributed by atoms with Crippen LogP contribution < -0.4 is 10.1 Å². The van der Waals surface area contributed by atoms with E-state index in [1.807, 2.05) is 12.1 Å². The number of ether oxygens (including phenoxy) is 1. The predicted octanol–water partition coefficient (Wildman–Crippen LogP) is 3.28. The molecule has 0 radical (unpaired) electrons. The summed E-state index contributed by atoms with van der Waals surface area (Å²) >= 11 is 3.38. The third-order valence-corrected chi connectivity index (χ3v) is 3.37. The van der Waals surface area contributed by atoms with E-state index in [0.29, 0.717) is 11.8 Å². The summed E-state index contributed by atoms with van der Waals surface area (Å²) in [6.07, 6.45) is 9.50. The molecule has 0 aromatic carbocycles. The van der Waals surface area contributed by atoms with Gasteiger partial charge in [-0.15, -0.1) is 0 Å². The third-order valence-electron chi connectivity index (χ3n) is 2.94. The van der Waals surface area contributed by atoms with E-state index in [1.54, 1.807) is 24.8 Å². The van der Waals surface area contributed by atoms with Gasteiger partial charge in [-0.25, -0.2) is 0 Å². The van der Waals surface area contributed by atoms with Crippen molar-refractivity contribution in [2.45, 2.75) is 25.4 Å². The average Bonchev–Trinajstić information content (AvgIpc) is 3.22. The molecule has 2 aromatic rings. The van der Waals surface area contributed by atoms with Crippen molar-refractivity contribution in [2.75, 3.05) is 0 Å². The Balaban J connectivity index is 1.75. The molecule has 0 spiro atoms. The van der Waals surface area contributed by atoms with Gasteiger partial charge in [0, 0.05) is 35.0 Å². The maximum absolute atomic E-state index is 5.85. The highest BCUT2D eigenvalue weighted by molar-refractivity contribution is 9.10. The summed E-state index contributed by atoms with van der Waals surface area (Å²) in [4.78, 5) is 8.21.